The molecular weight excluding hydrogens is 268 g/mol. The maximum absolute atomic E-state index is 11.4. The Morgan fingerprint density at radius 2 is 2.15 bits per heavy atom. The number of likely N-dealkylation sites (tertiary alicyclic amines) is 1. The van der Waals surface area contributed by atoms with Crippen molar-refractivity contribution in [2.24, 2.45) is 0 Å². The first-order valence-corrected chi connectivity index (χ1v) is 9.11. The largest absolute Gasteiger partial charge is 0.312 e. The lowest BCUT2D eigenvalue weighted by Gasteiger charge is -2.33. The van der Waals surface area contributed by atoms with Crippen LogP contribution in [0.15, 0.2) is 30.3 Å². The van der Waals surface area contributed by atoms with Crippen LogP contribution in [0.3, 0.4) is 0 Å². The smallest absolute Gasteiger partial charge is 0.0360 e. The van der Waals surface area contributed by atoms with E-state index in [-0.39, 0.29) is 0 Å². The highest BCUT2D eigenvalue weighted by Crippen LogP contribution is 2.13. The monoisotopic (exact) mass is 294 g/mol. The molecule has 2 rings (SSSR count). The van der Waals surface area contributed by atoms with Gasteiger partial charge in [0.05, 0.1) is 0 Å². The second kappa shape index (κ2) is 8.55. The molecule has 1 heterocycles. The maximum Gasteiger partial charge on any atom is 0.0360 e. The summed E-state index contributed by atoms with van der Waals surface area (Å²) in [5, 5.41) is 3.57. The lowest BCUT2D eigenvalue weighted by Crippen LogP contribution is -2.46. The molecule has 1 fully saturated rings. The zero-order chi connectivity index (χ0) is 14.2. The summed E-state index contributed by atoms with van der Waals surface area (Å²) >= 11 is 0. The first-order chi connectivity index (χ1) is 9.78. The topological polar surface area (TPSA) is 32.3 Å². The van der Waals surface area contributed by atoms with Gasteiger partial charge >= 0.3 is 0 Å². The molecule has 0 amide bonds. The molecule has 2 atom stereocenters. The van der Waals surface area contributed by atoms with Crippen LogP contribution in [0.1, 0.15) is 25.3 Å². The zero-order valence-corrected chi connectivity index (χ0v) is 13.2. The minimum Gasteiger partial charge on any atom is -0.312 e. The summed E-state index contributed by atoms with van der Waals surface area (Å²) < 4.78 is 11.4. The number of nitrogens with one attached hydrogen (secondary N) is 1. The molecule has 1 saturated heterocycles. The molecule has 1 aromatic carbocycles. The normalized spacial score (nSPS) is 21.8. The van der Waals surface area contributed by atoms with E-state index >= 15 is 0 Å². The van der Waals surface area contributed by atoms with Gasteiger partial charge in [-0.3, -0.25) is 9.11 Å². The first-order valence-electron chi connectivity index (χ1n) is 7.62. The van der Waals surface area contributed by atoms with Crippen molar-refractivity contribution >= 4 is 10.8 Å². The summed E-state index contributed by atoms with van der Waals surface area (Å²) in [6.45, 7) is 6.20. The molecule has 0 aromatic heterocycles. The van der Waals surface area contributed by atoms with Gasteiger partial charge in [0.1, 0.15) is 0 Å². The van der Waals surface area contributed by atoms with Gasteiger partial charge in [0.25, 0.3) is 0 Å². The average Bonchev–Trinajstić information content (AvgIpc) is 2.48. The Hall–Kier alpha value is -0.710. The Labute approximate surface area is 125 Å². The van der Waals surface area contributed by atoms with Crippen LogP contribution in [-0.2, 0) is 17.3 Å². The van der Waals surface area contributed by atoms with Crippen LogP contribution in [0.4, 0.5) is 0 Å². The predicted molar refractivity (Wildman–Crippen MR) is 86.3 cm³/mol. The number of benzene rings is 1. The van der Waals surface area contributed by atoms with Crippen molar-refractivity contribution in [1.82, 2.24) is 10.2 Å². The van der Waals surface area contributed by atoms with E-state index in [4.69, 9.17) is 0 Å². The van der Waals surface area contributed by atoms with Crippen LogP contribution in [0.2, 0.25) is 0 Å². The first kappa shape index (κ1) is 15.7. The average molecular weight is 294 g/mol. The van der Waals surface area contributed by atoms with E-state index in [0.717, 1.165) is 31.1 Å². The Morgan fingerprint density at radius 3 is 2.90 bits per heavy atom. The number of piperidine rings is 1. The van der Waals surface area contributed by atoms with Crippen LogP contribution in [0.25, 0.3) is 0 Å². The summed E-state index contributed by atoms with van der Waals surface area (Å²) in [5.41, 5.74) is 1.39. The second-order valence-electron chi connectivity index (χ2n) is 5.45. The van der Waals surface area contributed by atoms with E-state index < -0.39 is 10.8 Å². The fourth-order valence-electron chi connectivity index (χ4n) is 2.73. The molecule has 1 aromatic rings. The van der Waals surface area contributed by atoms with Gasteiger partial charge < -0.3 is 5.32 Å². The third-order valence-corrected chi connectivity index (χ3v) is 5.14. The third kappa shape index (κ3) is 5.35. The SMILES string of the molecule is CCS(=O)CCNC1CCCN(Cc2ccccc2)C1. The number of hydrogen-bond donors (Lipinski definition) is 1. The number of hydrogen-bond acceptors (Lipinski definition) is 3. The van der Waals surface area contributed by atoms with E-state index in [1.54, 1.807) is 0 Å². The van der Waals surface area contributed by atoms with Crippen LogP contribution in [0.5, 0.6) is 0 Å². The van der Waals surface area contributed by atoms with Crippen molar-refractivity contribution in [2.45, 2.75) is 32.4 Å². The van der Waals surface area contributed by atoms with Crippen LogP contribution in [0, 0.1) is 0 Å². The lowest BCUT2D eigenvalue weighted by atomic mass is 10.0. The molecule has 4 heteroatoms. The molecule has 0 saturated carbocycles. The van der Waals surface area contributed by atoms with Crippen molar-refractivity contribution in [3.8, 4) is 0 Å². The number of nitrogens with zero attached hydrogens (tertiary/aromatic N) is 1. The highest BCUT2D eigenvalue weighted by atomic mass is 32.2. The molecule has 3 nitrogen and oxygen atoms in total. The van der Waals surface area contributed by atoms with E-state index in [1.807, 2.05) is 6.92 Å². The minimum absolute atomic E-state index is 0.557. The van der Waals surface area contributed by atoms with Gasteiger partial charge in [0.2, 0.25) is 0 Å². The second-order valence-corrected chi connectivity index (χ2v) is 7.31. The zero-order valence-electron chi connectivity index (χ0n) is 12.4. The predicted octanol–water partition coefficient (Wildman–Crippen LogP) is 2.01. The molecule has 0 aliphatic carbocycles. The fourth-order valence-corrected chi connectivity index (χ4v) is 3.36. The van der Waals surface area contributed by atoms with Crippen LogP contribution >= 0.6 is 0 Å². The summed E-state index contributed by atoms with van der Waals surface area (Å²) in [7, 11) is -0.648. The molecule has 2 unspecified atom stereocenters. The molecule has 20 heavy (non-hydrogen) atoms. The van der Waals surface area contributed by atoms with Crippen molar-refractivity contribution in [1.29, 1.82) is 0 Å². The summed E-state index contributed by atoms with van der Waals surface area (Å²) in [6, 6.07) is 11.2. The highest BCUT2D eigenvalue weighted by molar-refractivity contribution is 7.84. The highest BCUT2D eigenvalue weighted by Gasteiger charge is 2.19. The fraction of sp³-hybridized carbons (Fsp3) is 0.625. The van der Waals surface area contributed by atoms with E-state index in [0.29, 0.717) is 6.04 Å². The van der Waals surface area contributed by atoms with Gasteiger partial charge in [-0.1, -0.05) is 37.3 Å². The van der Waals surface area contributed by atoms with Crippen LogP contribution < -0.4 is 5.32 Å². The van der Waals surface area contributed by atoms with Gasteiger partial charge in [-0.2, -0.15) is 0 Å². The van der Waals surface area contributed by atoms with Crippen molar-refractivity contribution in [3.63, 3.8) is 0 Å². The Morgan fingerprint density at radius 1 is 1.35 bits per heavy atom. The third-order valence-electron chi connectivity index (χ3n) is 3.84. The minimum atomic E-state index is -0.648. The van der Waals surface area contributed by atoms with E-state index in [9.17, 15) is 4.21 Å². The van der Waals surface area contributed by atoms with Crippen LogP contribution in [-0.4, -0.2) is 46.3 Å². The van der Waals surface area contributed by atoms with E-state index in [2.05, 4.69) is 40.5 Å². The molecule has 112 valence electrons. The summed E-state index contributed by atoms with van der Waals surface area (Å²) in [5.74, 6) is 1.55. The molecular formula is C16H26N2OS. The van der Waals surface area contributed by atoms with Gasteiger partial charge in [-0.25, -0.2) is 0 Å². The quantitative estimate of drug-likeness (QED) is 0.835. The standard InChI is InChI=1S/C16H26N2OS/c1-2-20(19)12-10-17-16-9-6-11-18(14-16)13-15-7-4-3-5-8-15/h3-5,7-8,16-17H,2,6,9-14H2,1H3. The van der Waals surface area contributed by atoms with Gasteiger partial charge in [0.15, 0.2) is 0 Å². The van der Waals surface area contributed by atoms with Crippen molar-refractivity contribution < 1.29 is 4.21 Å². The van der Waals surface area contributed by atoms with Crippen molar-refractivity contribution in [2.75, 3.05) is 31.1 Å². The molecule has 1 N–H and O–H groups in total. The van der Waals surface area contributed by atoms with Gasteiger partial charge in [0, 0.05) is 48.0 Å². The number of rotatable bonds is 7. The Balaban J connectivity index is 1.73. The molecule has 0 spiro atoms. The summed E-state index contributed by atoms with van der Waals surface area (Å²) in [6.07, 6.45) is 2.49. The maximum atomic E-state index is 11.4. The van der Waals surface area contributed by atoms with Crippen molar-refractivity contribution in [3.05, 3.63) is 35.9 Å². The van der Waals surface area contributed by atoms with E-state index in [1.165, 1.54) is 24.9 Å². The Bertz CT molecular complexity index is 410. The molecule has 0 radical (unpaired) electrons. The summed E-state index contributed by atoms with van der Waals surface area (Å²) in [4.78, 5) is 2.52. The molecule has 1 aliphatic rings. The molecule has 0 bridgehead atoms. The van der Waals surface area contributed by atoms with Gasteiger partial charge in [-0.15, -0.1) is 0 Å². The van der Waals surface area contributed by atoms with Gasteiger partial charge in [-0.05, 0) is 24.9 Å². The Kier molecular flexibility index (Phi) is 6.70. The molecule has 1 aliphatic heterocycles. The lowest BCUT2D eigenvalue weighted by molar-refractivity contribution is 0.185.